The van der Waals surface area contributed by atoms with E-state index in [1.54, 1.807) is 30.2 Å². The minimum atomic E-state index is -0.211. The van der Waals surface area contributed by atoms with Gasteiger partial charge in [-0.1, -0.05) is 6.07 Å². The highest BCUT2D eigenvalue weighted by Crippen LogP contribution is 2.16. The third-order valence-electron chi connectivity index (χ3n) is 2.20. The lowest BCUT2D eigenvalue weighted by Crippen LogP contribution is -2.11. The fourth-order valence-corrected chi connectivity index (χ4v) is 1.53. The van der Waals surface area contributed by atoms with Gasteiger partial charge in [-0.25, -0.2) is 9.07 Å². The summed E-state index contributed by atoms with van der Waals surface area (Å²) in [7, 11) is 1.79. The molecule has 1 aromatic heterocycles. The first-order valence-corrected chi connectivity index (χ1v) is 4.75. The van der Waals surface area contributed by atoms with Gasteiger partial charge in [-0.3, -0.25) is 0 Å². The summed E-state index contributed by atoms with van der Waals surface area (Å²) in [5.74, 6) is -0.211. The lowest BCUT2D eigenvalue weighted by atomic mass is 10.1. The summed E-state index contributed by atoms with van der Waals surface area (Å²) in [5, 5.41) is 7.04. The molecule has 0 saturated heterocycles. The average Bonchev–Trinajstić information content (AvgIpc) is 2.74. The summed E-state index contributed by atoms with van der Waals surface area (Å²) in [6.45, 7) is 0.488. The number of rotatable bonds is 3. The fraction of sp³-hybridized carbons (Fsp3) is 0.182. The van der Waals surface area contributed by atoms with Gasteiger partial charge in [0.1, 0.15) is 5.82 Å². The third kappa shape index (κ3) is 1.89. The number of halogens is 1. The van der Waals surface area contributed by atoms with E-state index in [0.29, 0.717) is 12.1 Å². The maximum atomic E-state index is 13.5. The first-order valence-electron chi connectivity index (χ1n) is 4.75. The van der Waals surface area contributed by atoms with Gasteiger partial charge in [0, 0.05) is 24.5 Å². The number of hydrogen-bond acceptors (Lipinski definition) is 2. The summed E-state index contributed by atoms with van der Waals surface area (Å²) < 4.78 is 15.2. The second-order valence-corrected chi connectivity index (χ2v) is 3.22. The second-order valence-electron chi connectivity index (χ2n) is 3.22. The predicted molar refractivity (Wildman–Crippen MR) is 56.3 cm³/mol. The maximum Gasteiger partial charge on any atom is 0.129 e. The molecule has 0 aliphatic heterocycles. The molecule has 0 aliphatic rings. The fourth-order valence-electron chi connectivity index (χ4n) is 1.53. The topological polar surface area (TPSA) is 29.9 Å². The summed E-state index contributed by atoms with van der Waals surface area (Å²) in [6.07, 6.45) is 3.47. The molecular formula is C11H12FN3. The highest BCUT2D eigenvalue weighted by Gasteiger charge is 2.08. The van der Waals surface area contributed by atoms with Crippen LogP contribution in [0.15, 0.2) is 36.7 Å². The van der Waals surface area contributed by atoms with Crippen molar-refractivity contribution in [1.82, 2.24) is 15.1 Å². The molecule has 0 atom stereocenters. The molecule has 1 heterocycles. The molecule has 0 fully saturated rings. The highest BCUT2D eigenvalue weighted by atomic mass is 19.1. The van der Waals surface area contributed by atoms with E-state index in [1.807, 2.05) is 12.1 Å². The van der Waals surface area contributed by atoms with Gasteiger partial charge in [0.2, 0.25) is 0 Å². The average molecular weight is 205 g/mol. The quantitative estimate of drug-likeness (QED) is 0.827. The summed E-state index contributed by atoms with van der Waals surface area (Å²) >= 11 is 0. The van der Waals surface area contributed by atoms with E-state index in [0.717, 1.165) is 5.69 Å². The normalized spacial score (nSPS) is 10.5. The molecule has 4 heteroatoms. The highest BCUT2D eigenvalue weighted by molar-refractivity contribution is 5.41. The maximum absolute atomic E-state index is 13.5. The van der Waals surface area contributed by atoms with Crippen LogP contribution in [0.25, 0.3) is 5.69 Å². The van der Waals surface area contributed by atoms with Gasteiger partial charge in [0.05, 0.1) is 5.69 Å². The van der Waals surface area contributed by atoms with Crippen molar-refractivity contribution in [1.29, 1.82) is 0 Å². The van der Waals surface area contributed by atoms with E-state index >= 15 is 0 Å². The SMILES string of the molecule is CNCc1c(F)cccc1-n1cccn1. The Hall–Kier alpha value is -1.68. The van der Waals surface area contributed by atoms with Gasteiger partial charge in [0.25, 0.3) is 0 Å². The number of nitrogens with zero attached hydrogens (tertiary/aromatic N) is 2. The van der Waals surface area contributed by atoms with Crippen LogP contribution in [0, 0.1) is 5.82 Å². The van der Waals surface area contributed by atoms with E-state index in [9.17, 15) is 4.39 Å². The molecular weight excluding hydrogens is 193 g/mol. The number of benzene rings is 1. The van der Waals surface area contributed by atoms with Crippen LogP contribution >= 0.6 is 0 Å². The van der Waals surface area contributed by atoms with Crippen molar-refractivity contribution in [3.05, 3.63) is 48.0 Å². The molecule has 0 unspecified atom stereocenters. The number of nitrogens with one attached hydrogen (secondary N) is 1. The van der Waals surface area contributed by atoms with Crippen LogP contribution in [0.5, 0.6) is 0 Å². The monoisotopic (exact) mass is 205 g/mol. The van der Waals surface area contributed by atoms with E-state index < -0.39 is 0 Å². The van der Waals surface area contributed by atoms with Gasteiger partial charge >= 0.3 is 0 Å². The minimum absolute atomic E-state index is 0.211. The second kappa shape index (κ2) is 4.23. The Balaban J connectivity index is 2.51. The van der Waals surface area contributed by atoms with Crippen molar-refractivity contribution in [2.75, 3.05) is 7.05 Å². The van der Waals surface area contributed by atoms with Crippen molar-refractivity contribution < 1.29 is 4.39 Å². The number of hydrogen-bond donors (Lipinski definition) is 1. The van der Waals surface area contributed by atoms with E-state index in [-0.39, 0.29) is 5.82 Å². The zero-order valence-electron chi connectivity index (χ0n) is 8.44. The van der Waals surface area contributed by atoms with Crippen molar-refractivity contribution >= 4 is 0 Å². The number of aromatic nitrogens is 2. The Labute approximate surface area is 87.5 Å². The standard InChI is InChI=1S/C11H12FN3/c1-13-8-9-10(12)4-2-5-11(9)15-7-3-6-14-15/h2-7,13H,8H2,1H3. The van der Waals surface area contributed by atoms with Crippen LogP contribution in [0.1, 0.15) is 5.56 Å². The summed E-state index contributed by atoms with van der Waals surface area (Å²) in [4.78, 5) is 0. The Morgan fingerprint density at radius 2 is 2.27 bits per heavy atom. The molecule has 0 saturated carbocycles. The molecule has 1 N–H and O–H groups in total. The van der Waals surface area contributed by atoms with Gasteiger partial charge in [-0.2, -0.15) is 5.10 Å². The molecule has 0 spiro atoms. The molecule has 0 amide bonds. The van der Waals surface area contributed by atoms with Crippen molar-refractivity contribution in [3.8, 4) is 5.69 Å². The van der Waals surface area contributed by atoms with E-state index in [4.69, 9.17) is 0 Å². The van der Waals surface area contributed by atoms with Crippen LogP contribution in [0.3, 0.4) is 0 Å². The molecule has 3 nitrogen and oxygen atoms in total. The van der Waals surface area contributed by atoms with Crippen LogP contribution < -0.4 is 5.32 Å². The van der Waals surface area contributed by atoms with E-state index in [2.05, 4.69) is 10.4 Å². The van der Waals surface area contributed by atoms with Gasteiger partial charge in [-0.15, -0.1) is 0 Å². The Bertz CT molecular complexity index is 437. The Kier molecular flexibility index (Phi) is 2.78. The zero-order valence-corrected chi connectivity index (χ0v) is 8.44. The Morgan fingerprint density at radius 1 is 1.40 bits per heavy atom. The van der Waals surface area contributed by atoms with Crippen molar-refractivity contribution in [2.24, 2.45) is 0 Å². The minimum Gasteiger partial charge on any atom is -0.316 e. The van der Waals surface area contributed by atoms with Crippen LogP contribution in [0.4, 0.5) is 4.39 Å². The van der Waals surface area contributed by atoms with Gasteiger partial charge in [0.15, 0.2) is 0 Å². The van der Waals surface area contributed by atoms with Crippen LogP contribution in [0.2, 0.25) is 0 Å². The first kappa shape index (κ1) is 9.86. The lowest BCUT2D eigenvalue weighted by molar-refractivity contribution is 0.596. The molecule has 2 aromatic rings. The van der Waals surface area contributed by atoms with Crippen molar-refractivity contribution in [3.63, 3.8) is 0 Å². The molecule has 2 rings (SSSR count). The largest absolute Gasteiger partial charge is 0.316 e. The molecule has 1 aromatic carbocycles. The lowest BCUT2D eigenvalue weighted by Gasteiger charge is -2.09. The van der Waals surface area contributed by atoms with Gasteiger partial charge in [-0.05, 0) is 25.2 Å². The Morgan fingerprint density at radius 3 is 2.93 bits per heavy atom. The van der Waals surface area contributed by atoms with Crippen LogP contribution in [-0.4, -0.2) is 16.8 Å². The smallest absolute Gasteiger partial charge is 0.129 e. The molecule has 0 bridgehead atoms. The summed E-state index contributed by atoms with van der Waals surface area (Å²) in [5.41, 5.74) is 1.40. The molecule has 0 radical (unpaired) electrons. The third-order valence-corrected chi connectivity index (χ3v) is 2.20. The summed E-state index contributed by atoms with van der Waals surface area (Å²) in [6, 6.07) is 6.81. The predicted octanol–water partition coefficient (Wildman–Crippen LogP) is 1.73. The van der Waals surface area contributed by atoms with Crippen LogP contribution in [-0.2, 0) is 6.54 Å². The molecule has 15 heavy (non-hydrogen) atoms. The van der Waals surface area contributed by atoms with Crippen molar-refractivity contribution in [2.45, 2.75) is 6.54 Å². The van der Waals surface area contributed by atoms with E-state index in [1.165, 1.54) is 6.07 Å². The first-order chi connectivity index (χ1) is 7.33. The molecule has 78 valence electrons. The zero-order chi connectivity index (χ0) is 10.7. The molecule has 0 aliphatic carbocycles. The van der Waals surface area contributed by atoms with Gasteiger partial charge < -0.3 is 5.32 Å².